The largest absolute Gasteiger partial charge is 0.444 e. The normalized spacial score (nSPS) is 49.6. The fourth-order valence-corrected chi connectivity index (χ4v) is 3.61. The van der Waals surface area contributed by atoms with E-state index in [0.29, 0.717) is 0 Å². The molecular formula is C13H19NO7. The van der Waals surface area contributed by atoms with Crippen LogP contribution >= 0.6 is 0 Å². The molecule has 1 N–H and O–H groups in total. The van der Waals surface area contributed by atoms with Gasteiger partial charge in [-0.25, -0.2) is 4.79 Å². The summed E-state index contributed by atoms with van der Waals surface area (Å²) in [6.45, 7) is 7.35. The third kappa shape index (κ3) is 1.71. The first-order valence-electron chi connectivity index (χ1n) is 7.02. The van der Waals surface area contributed by atoms with Crippen molar-refractivity contribution in [1.82, 2.24) is 5.32 Å². The second-order valence-electron chi connectivity index (χ2n) is 6.70. The Labute approximate surface area is 121 Å². The number of amides is 1. The zero-order valence-corrected chi connectivity index (χ0v) is 12.4. The van der Waals surface area contributed by atoms with Crippen molar-refractivity contribution in [3.05, 3.63) is 0 Å². The zero-order chi connectivity index (χ0) is 15.1. The Hall–Kier alpha value is -0.930. The molecule has 0 saturated carbocycles. The van der Waals surface area contributed by atoms with Gasteiger partial charge in [-0.2, -0.15) is 0 Å². The maximum absolute atomic E-state index is 11.8. The van der Waals surface area contributed by atoms with Crippen LogP contribution in [0.1, 0.15) is 27.7 Å². The van der Waals surface area contributed by atoms with Crippen LogP contribution in [-0.4, -0.2) is 54.6 Å². The first kappa shape index (κ1) is 13.7. The Balaban J connectivity index is 1.81. The molecule has 0 bridgehead atoms. The minimum Gasteiger partial charge on any atom is -0.444 e. The predicted octanol–water partition coefficient (Wildman–Crippen LogP) is 0.452. The Bertz CT molecular complexity index is 507. The number of cyclic esters (lactones) is 1. The van der Waals surface area contributed by atoms with Crippen LogP contribution in [0.3, 0.4) is 0 Å². The maximum atomic E-state index is 11.8. The van der Waals surface area contributed by atoms with Crippen molar-refractivity contribution in [2.24, 2.45) is 0 Å². The summed E-state index contributed by atoms with van der Waals surface area (Å²) in [6.07, 6.45) is -1.50. The van der Waals surface area contributed by atoms with E-state index in [1.54, 1.807) is 13.8 Å². The van der Waals surface area contributed by atoms with Gasteiger partial charge in [0, 0.05) is 0 Å². The monoisotopic (exact) mass is 301 g/mol. The Morgan fingerprint density at radius 1 is 1.10 bits per heavy atom. The van der Waals surface area contributed by atoms with Gasteiger partial charge >= 0.3 is 6.09 Å². The fraction of sp³-hybridized carbons (Fsp3) is 0.923. The summed E-state index contributed by atoms with van der Waals surface area (Å²) in [7, 11) is 0. The second kappa shape index (κ2) is 3.69. The molecule has 4 heterocycles. The van der Waals surface area contributed by atoms with Gasteiger partial charge in [-0.1, -0.05) is 0 Å². The Morgan fingerprint density at radius 2 is 1.86 bits per heavy atom. The SMILES string of the molecule is CC1(C)O[C@@H]2[C@@H](CO[C@]34COC(=O)N[C@]23OC(C)(C)O4)O1. The van der Waals surface area contributed by atoms with E-state index in [4.69, 9.17) is 28.4 Å². The molecule has 0 radical (unpaired) electrons. The molecular weight excluding hydrogens is 282 g/mol. The van der Waals surface area contributed by atoms with Gasteiger partial charge in [0.1, 0.15) is 12.2 Å². The predicted molar refractivity (Wildman–Crippen MR) is 66.0 cm³/mol. The molecule has 4 saturated heterocycles. The summed E-state index contributed by atoms with van der Waals surface area (Å²) in [6, 6.07) is 0. The summed E-state index contributed by atoms with van der Waals surface area (Å²) >= 11 is 0. The van der Waals surface area contributed by atoms with E-state index in [-0.39, 0.29) is 19.3 Å². The standard InChI is InChI=1S/C13H19NO7/c1-10(2)18-7-5-17-12-6-16-9(15)14-13(12,8(7)19-10)21-11(3,4)20-12/h7-8H,5-6H2,1-4H3,(H,14,15)/t7-,8-,12+,13+/m1/s1. The van der Waals surface area contributed by atoms with Gasteiger partial charge < -0.3 is 28.4 Å². The molecule has 0 unspecified atom stereocenters. The number of carbonyl (C=O) groups is 1. The molecule has 1 amide bonds. The lowest BCUT2D eigenvalue weighted by Crippen LogP contribution is -2.79. The average molecular weight is 301 g/mol. The Kier molecular flexibility index (Phi) is 2.41. The van der Waals surface area contributed by atoms with E-state index in [1.807, 2.05) is 13.8 Å². The van der Waals surface area contributed by atoms with Crippen LogP contribution in [0.5, 0.6) is 0 Å². The lowest BCUT2D eigenvalue weighted by molar-refractivity contribution is -0.333. The van der Waals surface area contributed by atoms with Crippen LogP contribution in [0.15, 0.2) is 0 Å². The van der Waals surface area contributed by atoms with Gasteiger partial charge in [-0.15, -0.1) is 0 Å². The van der Waals surface area contributed by atoms with Crippen molar-refractivity contribution >= 4 is 6.09 Å². The van der Waals surface area contributed by atoms with E-state index in [0.717, 1.165) is 0 Å². The topological polar surface area (TPSA) is 84.5 Å². The minimum atomic E-state index is -1.29. The number of alkyl carbamates (subject to hydrolysis) is 1. The number of fused-ring (bicyclic) bond motifs is 1. The number of rotatable bonds is 0. The zero-order valence-electron chi connectivity index (χ0n) is 12.4. The van der Waals surface area contributed by atoms with E-state index < -0.39 is 35.3 Å². The summed E-state index contributed by atoms with van der Waals surface area (Å²) in [5.74, 6) is -2.98. The van der Waals surface area contributed by atoms with Gasteiger partial charge in [-0.05, 0) is 27.7 Å². The fourth-order valence-electron chi connectivity index (χ4n) is 3.61. The van der Waals surface area contributed by atoms with Gasteiger partial charge in [0.2, 0.25) is 5.72 Å². The highest BCUT2D eigenvalue weighted by atomic mass is 16.9. The molecule has 0 aliphatic carbocycles. The Morgan fingerprint density at radius 3 is 2.62 bits per heavy atom. The smallest absolute Gasteiger partial charge is 0.409 e. The van der Waals surface area contributed by atoms with Crippen molar-refractivity contribution in [2.45, 2.75) is 63.0 Å². The van der Waals surface area contributed by atoms with Crippen molar-refractivity contribution in [1.29, 1.82) is 0 Å². The first-order chi connectivity index (χ1) is 9.67. The molecule has 8 nitrogen and oxygen atoms in total. The lowest BCUT2D eigenvalue weighted by atomic mass is 9.89. The molecule has 4 aliphatic heterocycles. The lowest BCUT2D eigenvalue weighted by Gasteiger charge is -2.50. The molecule has 4 atom stereocenters. The van der Waals surface area contributed by atoms with Gasteiger partial charge in [0.05, 0.1) is 6.61 Å². The van der Waals surface area contributed by atoms with Crippen molar-refractivity contribution < 1.29 is 33.2 Å². The molecule has 118 valence electrons. The quantitative estimate of drug-likeness (QED) is 0.695. The van der Waals surface area contributed by atoms with Crippen LogP contribution in [0.2, 0.25) is 0 Å². The summed E-state index contributed by atoms with van der Waals surface area (Å²) in [5, 5.41) is 2.71. The average Bonchev–Trinajstić information content (AvgIpc) is 2.78. The summed E-state index contributed by atoms with van der Waals surface area (Å²) in [5.41, 5.74) is -1.29. The molecule has 0 spiro atoms. The van der Waals surface area contributed by atoms with Crippen molar-refractivity contribution in [3.8, 4) is 0 Å². The minimum absolute atomic E-state index is 0.0602. The maximum Gasteiger partial charge on any atom is 0.409 e. The van der Waals surface area contributed by atoms with Crippen molar-refractivity contribution in [2.75, 3.05) is 13.2 Å². The van der Waals surface area contributed by atoms with E-state index in [2.05, 4.69) is 5.32 Å². The van der Waals surface area contributed by atoms with E-state index >= 15 is 0 Å². The molecule has 4 fully saturated rings. The number of hydrogen-bond donors (Lipinski definition) is 1. The first-order valence-corrected chi connectivity index (χ1v) is 7.02. The van der Waals surface area contributed by atoms with Crippen LogP contribution in [0.25, 0.3) is 0 Å². The number of nitrogens with one attached hydrogen (secondary N) is 1. The van der Waals surface area contributed by atoms with Gasteiger partial charge in [0.15, 0.2) is 18.2 Å². The van der Waals surface area contributed by atoms with E-state index in [1.165, 1.54) is 0 Å². The van der Waals surface area contributed by atoms with Crippen molar-refractivity contribution in [3.63, 3.8) is 0 Å². The van der Waals surface area contributed by atoms with Crippen LogP contribution in [-0.2, 0) is 28.4 Å². The molecule has 8 heteroatoms. The summed E-state index contributed by atoms with van der Waals surface area (Å²) < 4.78 is 34.8. The number of carbonyl (C=O) groups excluding carboxylic acids is 1. The van der Waals surface area contributed by atoms with Crippen LogP contribution < -0.4 is 5.32 Å². The van der Waals surface area contributed by atoms with Gasteiger partial charge in [0.25, 0.3) is 5.79 Å². The molecule has 0 aromatic rings. The van der Waals surface area contributed by atoms with Crippen LogP contribution in [0, 0.1) is 0 Å². The highest BCUT2D eigenvalue weighted by molar-refractivity contribution is 5.70. The molecule has 4 aliphatic rings. The highest BCUT2D eigenvalue weighted by Crippen LogP contribution is 2.54. The number of ether oxygens (including phenoxy) is 6. The molecule has 0 aromatic heterocycles. The second-order valence-corrected chi connectivity index (χ2v) is 6.70. The van der Waals surface area contributed by atoms with Gasteiger partial charge in [-0.3, -0.25) is 5.32 Å². The highest BCUT2D eigenvalue weighted by Gasteiger charge is 2.77. The summed E-state index contributed by atoms with van der Waals surface area (Å²) in [4.78, 5) is 11.8. The van der Waals surface area contributed by atoms with E-state index in [9.17, 15) is 4.79 Å². The molecule has 21 heavy (non-hydrogen) atoms. The number of hydrogen-bond acceptors (Lipinski definition) is 7. The third-order valence-corrected chi connectivity index (χ3v) is 4.13. The van der Waals surface area contributed by atoms with Crippen LogP contribution in [0.4, 0.5) is 4.79 Å². The molecule has 0 aromatic carbocycles. The third-order valence-electron chi connectivity index (χ3n) is 4.13. The molecule has 4 rings (SSSR count).